The number of carbonyl (C=O) groups excluding carboxylic acids is 1. The van der Waals surface area contributed by atoms with E-state index in [1.165, 1.54) is 13.2 Å². The first-order valence-corrected chi connectivity index (χ1v) is 7.60. The van der Waals surface area contributed by atoms with Crippen LogP contribution in [0.5, 0.6) is 0 Å². The molecule has 0 saturated heterocycles. The Hall–Kier alpha value is -3.42. The summed E-state index contributed by atoms with van der Waals surface area (Å²) in [7, 11) is 1.47. The third-order valence-corrected chi connectivity index (χ3v) is 3.78. The number of anilines is 1. The van der Waals surface area contributed by atoms with Crippen LogP contribution in [-0.4, -0.2) is 36.5 Å². The van der Waals surface area contributed by atoms with Crippen LogP contribution in [-0.2, 0) is 13.6 Å². The van der Waals surface area contributed by atoms with Gasteiger partial charge in [-0.3, -0.25) is 14.2 Å². The molecule has 2 aromatic heterocycles. The highest BCUT2D eigenvalue weighted by Gasteiger charge is 2.22. The Balaban J connectivity index is 1.79. The molecule has 8 nitrogen and oxygen atoms in total. The summed E-state index contributed by atoms with van der Waals surface area (Å²) in [5, 5.41) is 20.0. The minimum atomic E-state index is -1.21. The molecule has 0 spiro atoms. The second-order valence-electron chi connectivity index (χ2n) is 5.60. The van der Waals surface area contributed by atoms with E-state index >= 15 is 0 Å². The predicted molar refractivity (Wildman–Crippen MR) is 90.6 cm³/mol. The largest absolute Gasteiger partial charge is 0.477 e. The SMILES string of the molecule is Cc1cc(NC(=O)c2cnn(C)c2C(=O)O)nn1Cc1ccccc1. The zero-order chi connectivity index (χ0) is 18.0. The first-order chi connectivity index (χ1) is 12.0. The van der Waals surface area contributed by atoms with E-state index in [2.05, 4.69) is 15.5 Å². The molecule has 8 heteroatoms. The average Bonchev–Trinajstić information content (AvgIpc) is 3.11. The van der Waals surface area contributed by atoms with Crippen LogP contribution in [0.3, 0.4) is 0 Å². The van der Waals surface area contributed by atoms with E-state index in [9.17, 15) is 14.7 Å². The third-order valence-electron chi connectivity index (χ3n) is 3.78. The van der Waals surface area contributed by atoms with E-state index in [1.807, 2.05) is 37.3 Å². The number of carboxylic acids is 1. The van der Waals surface area contributed by atoms with Gasteiger partial charge in [0.25, 0.3) is 5.91 Å². The minimum Gasteiger partial charge on any atom is -0.477 e. The molecular formula is C17H17N5O3. The summed E-state index contributed by atoms with van der Waals surface area (Å²) in [6, 6.07) is 11.6. The monoisotopic (exact) mass is 339 g/mol. The van der Waals surface area contributed by atoms with E-state index in [-0.39, 0.29) is 11.3 Å². The lowest BCUT2D eigenvalue weighted by Gasteiger charge is -2.04. The van der Waals surface area contributed by atoms with Crippen LogP contribution in [0.2, 0.25) is 0 Å². The Bertz CT molecular complexity index is 927. The van der Waals surface area contributed by atoms with Gasteiger partial charge in [0.05, 0.1) is 18.3 Å². The average molecular weight is 339 g/mol. The highest BCUT2D eigenvalue weighted by atomic mass is 16.4. The molecule has 3 rings (SSSR count). The lowest BCUT2D eigenvalue weighted by molar-refractivity contribution is 0.0680. The number of nitrogens with one attached hydrogen (secondary N) is 1. The van der Waals surface area contributed by atoms with Crippen molar-refractivity contribution in [2.75, 3.05) is 5.32 Å². The summed E-state index contributed by atoms with van der Waals surface area (Å²) in [6.45, 7) is 2.47. The highest BCUT2D eigenvalue weighted by Crippen LogP contribution is 2.14. The zero-order valence-electron chi connectivity index (χ0n) is 13.8. The van der Waals surface area contributed by atoms with Gasteiger partial charge >= 0.3 is 5.97 Å². The molecule has 0 saturated carbocycles. The second kappa shape index (κ2) is 6.60. The van der Waals surface area contributed by atoms with Gasteiger partial charge in [-0.2, -0.15) is 10.2 Å². The first kappa shape index (κ1) is 16.4. The number of aromatic nitrogens is 4. The topological polar surface area (TPSA) is 102 Å². The fourth-order valence-electron chi connectivity index (χ4n) is 2.53. The third kappa shape index (κ3) is 3.42. The molecule has 1 amide bonds. The summed E-state index contributed by atoms with van der Waals surface area (Å²) < 4.78 is 2.92. The van der Waals surface area contributed by atoms with Crippen LogP contribution in [0.4, 0.5) is 5.82 Å². The quantitative estimate of drug-likeness (QED) is 0.739. The van der Waals surface area contributed by atoms with Crippen LogP contribution in [0.1, 0.15) is 32.1 Å². The summed E-state index contributed by atoms with van der Waals surface area (Å²) in [4.78, 5) is 23.6. The van der Waals surface area contributed by atoms with Crippen molar-refractivity contribution in [3.8, 4) is 0 Å². The number of hydrogen-bond acceptors (Lipinski definition) is 4. The number of carbonyl (C=O) groups is 2. The lowest BCUT2D eigenvalue weighted by atomic mass is 10.2. The number of aryl methyl sites for hydroxylation is 2. The number of amides is 1. The molecule has 2 N–H and O–H groups in total. The van der Waals surface area contributed by atoms with Crippen LogP contribution in [0.25, 0.3) is 0 Å². The summed E-state index contributed by atoms with van der Waals surface area (Å²) in [6.07, 6.45) is 1.23. The molecule has 0 aliphatic rings. The van der Waals surface area contributed by atoms with Crippen LogP contribution in [0, 0.1) is 6.92 Å². The van der Waals surface area contributed by atoms with Crippen molar-refractivity contribution in [3.63, 3.8) is 0 Å². The van der Waals surface area contributed by atoms with Gasteiger partial charge in [-0.05, 0) is 12.5 Å². The Kier molecular flexibility index (Phi) is 4.34. The van der Waals surface area contributed by atoms with Gasteiger partial charge in [0.1, 0.15) is 0 Å². The normalized spacial score (nSPS) is 10.6. The summed E-state index contributed by atoms with van der Waals surface area (Å²) in [5.74, 6) is -1.41. The molecule has 0 bridgehead atoms. The van der Waals surface area contributed by atoms with Gasteiger partial charge in [0.15, 0.2) is 11.5 Å². The smallest absolute Gasteiger partial charge is 0.354 e. The van der Waals surface area contributed by atoms with Gasteiger partial charge in [-0.25, -0.2) is 4.79 Å². The van der Waals surface area contributed by atoms with Crippen LogP contribution in [0.15, 0.2) is 42.6 Å². The van der Waals surface area contributed by atoms with Crippen molar-refractivity contribution in [3.05, 3.63) is 65.1 Å². The molecule has 1 aromatic carbocycles. The summed E-state index contributed by atoms with van der Waals surface area (Å²) in [5.41, 5.74) is 1.79. The lowest BCUT2D eigenvalue weighted by Crippen LogP contribution is -2.17. The van der Waals surface area contributed by atoms with Gasteiger partial charge in [-0.1, -0.05) is 30.3 Å². The molecule has 128 valence electrons. The maximum Gasteiger partial charge on any atom is 0.354 e. The van der Waals surface area contributed by atoms with Gasteiger partial charge < -0.3 is 10.4 Å². The van der Waals surface area contributed by atoms with Crippen molar-refractivity contribution in [2.24, 2.45) is 7.05 Å². The van der Waals surface area contributed by atoms with E-state index in [1.54, 1.807) is 10.7 Å². The minimum absolute atomic E-state index is 0.00902. The van der Waals surface area contributed by atoms with Crippen molar-refractivity contribution in [1.29, 1.82) is 0 Å². The number of carboxylic acid groups (broad SMARTS) is 1. The second-order valence-corrected chi connectivity index (χ2v) is 5.60. The number of nitrogens with zero attached hydrogens (tertiary/aromatic N) is 4. The highest BCUT2D eigenvalue weighted by molar-refractivity contribution is 6.09. The van der Waals surface area contributed by atoms with Crippen molar-refractivity contribution in [2.45, 2.75) is 13.5 Å². The maximum atomic E-state index is 12.4. The fraction of sp³-hybridized carbons (Fsp3) is 0.176. The van der Waals surface area contributed by atoms with Crippen LogP contribution < -0.4 is 5.32 Å². The molecule has 0 radical (unpaired) electrons. The van der Waals surface area contributed by atoms with Crippen LogP contribution >= 0.6 is 0 Å². The van der Waals surface area contributed by atoms with E-state index in [0.717, 1.165) is 15.9 Å². The Morgan fingerprint density at radius 2 is 1.96 bits per heavy atom. The first-order valence-electron chi connectivity index (χ1n) is 7.60. The fourth-order valence-corrected chi connectivity index (χ4v) is 2.53. The Morgan fingerprint density at radius 1 is 1.24 bits per heavy atom. The molecule has 0 aliphatic carbocycles. The van der Waals surface area contributed by atoms with E-state index in [0.29, 0.717) is 12.4 Å². The Morgan fingerprint density at radius 3 is 2.64 bits per heavy atom. The van der Waals surface area contributed by atoms with Crippen molar-refractivity contribution >= 4 is 17.7 Å². The van der Waals surface area contributed by atoms with Gasteiger partial charge in [0, 0.05) is 18.8 Å². The molecule has 0 fully saturated rings. The zero-order valence-corrected chi connectivity index (χ0v) is 13.8. The number of benzene rings is 1. The molecular weight excluding hydrogens is 322 g/mol. The molecule has 0 unspecified atom stereocenters. The van der Waals surface area contributed by atoms with Gasteiger partial charge in [-0.15, -0.1) is 0 Å². The Labute approximate surface area is 143 Å². The van der Waals surface area contributed by atoms with Crippen molar-refractivity contribution in [1.82, 2.24) is 19.6 Å². The van der Waals surface area contributed by atoms with E-state index in [4.69, 9.17) is 0 Å². The number of hydrogen-bond donors (Lipinski definition) is 2. The van der Waals surface area contributed by atoms with Crippen molar-refractivity contribution < 1.29 is 14.7 Å². The number of aromatic carboxylic acids is 1. The predicted octanol–water partition coefficient (Wildman–Crippen LogP) is 1.92. The molecule has 3 aromatic rings. The maximum absolute atomic E-state index is 12.4. The molecule has 0 atom stereocenters. The molecule has 0 aliphatic heterocycles. The standard InChI is InChI=1S/C17H17N5O3/c1-11-8-14(20-22(11)10-12-6-4-3-5-7-12)19-16(23)13-9-18-21(2)15(13)17(24)25/h3-9H,10H2,1-2H3,(H,24,25)(H,19,20,23). The van der Waals surface area contributed by atoms with E-state index < -0.39 is 11.9 Å². The number of rotatable bonds is 5. The molecule has 2 heterocycles. The summed E-state index contributed by atoms with van der Waals surface area (Å²) >= 11 is 0. The van der Waals surface area contributed by atoms with Gasteiger partial charge in [0.2, 0.25) is 0 Å². The molecule has 25 heavy (non-hydrogen) atoms.